The molecule has 0 aromatic heterocycles. The lowest BCUT2D eigenvalue weighted by atomic mass is 9.93. The SMILES string of the molecule is CC(=O)N[C@H]1[C@H](O[C@H]2[C@@H](O)[C@@H](CO)O[C@@H](O[C@H]3[C@H](O)[C@@H](CO)O[C@@H](O[C@H]4[C@@H](O)[C@@H](CO)O[C@@H](O[C@H]5[C@H](O)[C@@H](NC(C)=O)C(O)O[C@@H]5CO)[C@@H]4O)[C@@H]3NC(C)=O)[C@@H]2O)O[C@H](CO)[C@@H](O)[C@@H]1O. The van der Waals surface area contributed by atoms with Crippen LogP contribution in [0.3, 0.4) is 0 Å². The molecule has 0 bridgehead atoms. The zero-order valence-electron chi connectivity index (χ0n) is 35.1. The minimum atomic E-state index is -2.15. The summed E-state index contributed by atoms with van der Waals surface area (Å²) in [6.07, 6.45) is -40.6. The molecule has 1 unspecified atom stereocenters. The molecule has 5 fully saturated rings. The van der Waals surface area contributed by atoms with Gasteiger partial charge in [0.1, 0.15) is 122 Å². The molecular formula is C36H61N3O26. The van der Waals surface area contributed by atoms with Crippen molar-refractivity contribution < 1.29 is 129 Å². The second-order valence-electron chi connectivity index (χ2n) is 16.2. The number of hydrogen-bond donors (Lipinski definition) is 17. The van der Waals surface area contributed by atoms with E-state index in [-0.39, 0.29) is 0 Å². The first kappa shape index (κ1) is 53.4. The summed E-state index contributed by atoms with van der Waals surface area (Å²) in [5.41, 5.74) is 0. The lowest BCUT2D eigenvalue weighted by Gasteiger charge is -2.50. The minimum absolute atomic E-state index is 0.702. The highest BCUT2D eigenvalue weighted by Crippen LogP contribution is 2.36. The molecule has 29 heteroatoms. The minimum Gasteiger partial charge on any atom is -0.394 e. The molecule has 5 rings (SSSR count). The van der Waals surface area contributed by atoms with Gasteiger partial charge in [-0.05, 0) is 0 Å². The zero-order valence-corrected chi connectivity index (χ0v) is 35.1. The van der Waals surface area contributed by atoms with Crippen LogP contribution < -0.4 is 16.0 Å². The molecule has 0 saturated carbocycles. The highest BCUT2D eigenvalue weighted by Gasteiger charge is 2.57. The number of ether oxygens (including phenoxy) is 9. The number of carbonyl (C=O) groups is 3. The summed E-state index contributed by atoms with van der Waals surface area (Å²) in [6.45, 7) is -1.53. The molecule has 3 amide bonds. The van der Waals surface area contributed by atoms with Crippen LogP contribution in [0.1, 0.15) is 20.8 Å². The number of aliphatic hydroxyl groups is 14. The van der Waals surface area contributed by atoms with Crippen LogP contribution in [-0.2, 0) is 57.0 Å². The van der Waals surface area contributed by atoms with E-state index in [2.05, 4.69) is 16.0 Å². The van der Waals surface area contributed by atoms with Gasteiger partial charge >= 0.3 is 0 Å². The molecule has 65 heavy (non-hydrogen) atoms. The fraction of sp³-hybridized carbons (Fsp3) is 0.917. The maximum atomic E-state index is 12.7. The van der Waals surface area contributed by atoms with Crippen molar-refractivity contribution in [2.75, 3.05) is 33.0 Å². The van der Waals surface area contributed by atoms with Crippen molar-refractivity contribution in [3.05, 3.63) is 0 Å². The molecular weight excluding hydrogens is 890 g/mol. The molecule has 0 spiro atoms. The maximum absolute atomic E-state index is 12.7. The Morgan fingerprint density at radius 3 is 1.14 bits per heavy atom. The molecule has 5 aliphatic rings. The molecule has 0 aliphatic carbocycles. The smallest absolute Gasteiger partial charge is 0.217 e. The number of aliphatic hydroxyl groups excluding tert-OH is 14. The molecule has 5 saturated heterocycles. The quantitative estimate of drug-likeness (QED) is 0.0683. The number of carbonyl (C=O) groups excluding carboxylic acids is 3. The van der Waals surface area contributed by atoms with E-state index in [1.165, 1.54) is 0 Å². The van der Waals surface area contributed by atoms with Crippen LogP contribution in [0, 0.1) is 0 Å². The molecule has 0 aromatic rings. The molecule has 0 aromatic carbocycles. The van der Waals surface area contributed by atoms with E-state index in [4.69, 9.17) is 42.6 Å². The van der Waals surface area contributed by atoms with Crippen molar-refractivity contribution >= 4 is 17.7 Å². The highest BCUT2D eigenvalue weighted by molar-refractivity contribution is 5.74. The van der Waals surface area contributed by atoms with Gasteiger partial charge in [-0.1, -0.05) is 0 Å². The van der Waals surface area contributed by atoms with Gasteiger partial charge in [-0.25, -0.2) is 0 Å². The average Bonchev–Trinajstić information content (AvgIpc) is 3.25. The van der Waals surface area contributed by atoms with E-state index >= 15 is 0 Å². The van der Waals surface area contributed by atoms with E-state index < -0.39 is 204 Å². The predicted octanol–water partition coefficient (Wildman–Crippen LogP) is -11.5. The topological polar surface area (TPSA) is 454 Å². The van der Waals surface area contributed by atoms with Crippen LogP contribution in [0.2, 0.25) is 0 Å². The first-order chi connectivity index (χ1) is 30.7. The van der Waals surface area contributed by atoms with Gasteiger partial charge in [0.15, 0.2) is 31.5 Å². The third-order valence-corrected chi connectivity index (χ3v) is 11.5. The lowest BCUT2D eigenvalue weighted by Crippen LogP contribution is -2.71. The van der Waals surface area contributed by atoms with E-state index in [1.54, 1.807) is 0 Å². The largest absolute Gasteiger partial charge is 0.394 e. The van der Waals surface area contributed by atoms with E-state index in [0.29, 0.717) is 0 Å². The summed E-state index contributed by atoms with van der Waals surface area (Å²) in [5.74, 6) is -2.28. The fourth-order valence-electron chi connectivity index (χ4n) is 8.23. The molecule has 0 radical (unpaired) electrons. The predicted molar refractivity (Wildman–Crippen MR) is 201 cm³/mol. The van der Waals surface area contributed by atoms with Gasteiger partial charge in [-0.3, -0.25) is 14.4 Å². The Kier molecular flexibility index (Phi) is 19.1. The van der Waals surface area contributed by atoms with Gasteiger partial charge in [0, 0.05) is 20.8 Å². The van der Waals surface area contributed by atoms with Gasteiger partial charge in [0.2, 0.25) is 17.7 Å². The normalized spacial score (nSPS) is 47.1. The standard InChI is InChI=1S/C36H61N3O26/c1-9(45)37-17-25(53)28(16(8-44)57-32(17)56)62-35-26(54)31(23(51)14(6-42)60-35)65-34-19(39-11(3)47)29(21(49)13(5-41)59-34)63-36-27(55)30(22(50)15(7-43)61-36)64-33-18(38-10(2)46)24(52)20(48)12(4-40)58-33/h12-36,40-44,48-56H,4-8H2,1-3H3,(H,37,45)(H,38,46)(H,39,47)/t12-,13-,14-,15-,16-,17-,18-,19-,20-,21-,22+,23+,24-,25-,26-,27-,28-,29-,30+,31+,32?,33+,34+,35+,36+/m1/s1. The van der Waals surface area contributed by atoms with E-state index in [0.717, 1.165) is 20.8 Å². The summed E-state index contributed by atoms with van der Waals surface area (Å²) >= 11 is 0. The van der Waals surface area contributed by atoms with Crippen LogP contribution in [0.4, 0.5) is 0 Å². The van der Waals surface area contributed by atoms with Gasteiger partial charge in [-0.2, -0.15) is 0 Å². The third-order valence-electron chi connectivity index (χ3n) is 11.5. The van der Waals surface area contributed by atoms with Crippen LogP contribution in [0.15, 0.2) is 0 Å². The summed E-state index contributed by atoms with van der Waals surface area (Å²) in [5, 5.41) is 157. The second kappa shape index (κ2) is 23.2. The molecule has 5 heterocycles. The summed E-state index contributed by atoms with van der Waals surface area (Å²) in [7, 11) is 0. The zero-order chi connectivity index (χ0) is 48.2. The Morgan fingerprint density at radius 2 is 0.708 bits per heavy atom. The third kappa shape index (κ3) is 11.9. The molecule has 17 N–H and O–H groups in total. The summed E-state index contributed by atoms with van der Waals surface area (Å²) in [4.78, 5) is 36.5. The monoisotopic (exact) mass is 951 g/mol. The van der Waals surface area contributed by atoms with Crippen molar-refractivity contribution in [3.8, 4) is 0 Å². The Labute approximate surface area is 369 Å². The van der Waals surface area contributed by atoms with E-state index in [1.807, 2.05) is 0 Å². The maximum Gasteiger partial charge on any atom is 0.217 e. The van der Waals surface area contributed by atoms with Crippen molar-refractivity contribution in [2.45, 2.75) is 174 Å². The highest BCUT2D eigenvalue weighted by atomic mass is 16.8. The first-order valence-electron chi connectivity index (χ1n) is 20.6. The van der Waals surface area contributed by atoms with E-state index in [9.17, 15) is 85.9 Å². The van der Waals surface area contributed by atoms with Crippen LogP contribution in [-0.4, -0.2) is 276 Å². The molecule has 25 atom stereocenters. The number of hydrogen-bond acceptors (Lipinski definition) is 26. The number of rotatable bonds is 16. The number of nitrogens with one attached hydrogen (secondary N) is 3. The average molecular weight is 952 g/mol. The Bertz CT molecular complexity index is 1560. The van der Waals surface area contributed by atoms with Gasteiger partial charge in [0.25, 0.3) is 0 Å². The lowest BCUT2D eigenvalue weighted by molar-refractivity contribution is -0.381. The van der Waals surface area contributed by atoms with Crippen LogP contribution >= 0.6 is 0 Å². The number of amides is 3. The molecule has 5 aliphatic heterocycles. The molecule has 29 nitrogen and oxygen atoms in total. The summed E-state index contributed by atoms with van der Waals surface area (Å²) < 4.78 is 51.5. The Balaban J connectivity index is 1.42. The van der Waals surface area contributed by atoms with Crippen molar-refractivity contribution in [1.82, 2.24) is 16.0 Å². The van der Waals surface area contributed by atoms with Gasteiger partial charge in [-0.15, -0.1) is 0 Å². The van der Waals surface area contributed by atoms with Crippen molar-refractivity contribution in [3.63, 3.8) is 0 Å². The van der Waals surface area contributed by atoms with Gasteiger partial charge < -0.3 is 130 Å². The van der Waals surface area contributed by atoms with Crippen molar-refractivity contribution in [2.24, 2.45) is 0 Å². The van der Waals surface area contributed by atoms with Crippen LogP contribution in [0.25, 0.3) is 0 Å². The van der Waals surface area contributed by atoms with Crippen LogP contribution in [0.5, 0.6) is 0 Å². The first-order valence-corrected chi connectivity index (χ1v) is 20.6. The fourth-order valence-corrected chi connectivity index (χ4v) is 8.23. The summed E-state index contributed by atoms with van der Waals surface area (Å²) in [6, 6.07) is -4.85. The molecule has 376 valence electrons. The second-order valence-corrected chi connectivity index (χ2v) is 16.2. The van der Waals surface area contributed by atoms with Gasteiger partial charge in [0.05, 0.1) is 33.0 Å². The van der Waals surface area contributed by atoms with Crippen molar-refractivity contribution in [1.29, 1.82) is 0 Å². The Hall–Kier alpha value is -2.51. The Morgan fingerprint density at radius 1 is 0.369 bits per heavy atom.